The van der Waals surface area contributed by atoms with Gasteiger partial charge in [0.25, 0.3) is 0 Å². The number of aromatic nitrogens is 3. The second-order valence-corrected chi connectivity index (χ2v) is 3.67. The number of rotatable bonds is 2. The highest BCUT2D eigenvalue weighted by molar-refractivity contribution is 7.80. The SMILES string of the molecule is Cn1c(S)nnc1-c1cccc(C(=O)O)c1. The van der Waals surface area contributed by atoms with Crippen LogP contribution >= 0.6 is 12.6 Å². The molecule has 0 aliphatic carbocycles. The molecule has 82 valence electrons. The monoisotopic (exact) mass is 235 g/mol. The fourth-order valence-electron chi connectivity index (χ4n) is 1.36. The van der Waals surface area contributed by atoms with Crippen molar-refractivity contribution in [3.8, 4) is 11.4 Å². The van der Waals surface area contributed by atoms with Crippen LogP contribution in [0.4, 0.5) is 0 Å². The lowest BCUT2D eigenvalue weighted by molar-refractivity contribution is 0.0697. The third kappa shape index (κ3) is 1.79. The minimum absolute atomic E-state index is 0.223. The van der Waals surface area contributed by atoms with Gasteiger partial charge in [0.15, 0.2) is 11.0 Å². The molecule has 0 amide bonds. The van der Waals surface area contributed by atoms with Crippen LogP contribution in [0.3, 0.4) is 0 Å². The molecule has 5 nitrogen and oxygen atoms in total. The van der Waals surface area contributed by atoms with Gasteiger partial charge in [-0.05, 0) is 12.1 Å². The number of hydrogen-bond acceptors (Lipinski definition) is 4. The van der Waals surface area contributed by atoms with Gasteiger partial charge in [0.05, 0.1) is 5.56 Å². The van der Waals surface area contributed by atoms with Gasteiger partial charge < -0.3 is 9.67 Å². The van der Waals surface area contributed by atoms with E-state index in [1.54, 1.807) is 29.8 Å². The molecule has 0 radical (unpaired) electrons. The van der Waals surface area contributed by atoms with Gasteiger partial charge >= 0.3 is 5.97 Å². The summed E-state index contributed by atoms with van der Waals surface area (Å²) < 4.78 is 1.68. The molecule has 0 unspecified atom stereocenters. The zero-order valence-electron chi connectivity index (χ0n) is 8.45. The average Bonchev–Trinajstić information content (AvgIpc) is 2.60. The van der Waals surface area contributed by atoms with Crippen molar-refractivity contribution in [1.29, 1.82) is 0 Å². The number of carboxylic acid groups (broad SMARTS) is 1. The van der Waals surface area contributed by atoms with Gasteiger partial charge in [0, 0.05) is 12.6 Å². The molecule has 0 spiro atoms. The van der Waals surface area contributed by atoms with Crippen LogP contribution in [0.5, 0.6) is 0 Å². The Kier molecular flexibility index (Phi) is 2.66. The molecule has 0 aliphatic rings. The van der Waals surface area contributed by atoms with E-state index in [9.17, 15) is 4.79 Å². The van der Waals surface area contributed by atoms with Crippen molar-refractivity contribution >= 4 is 18.6 Å². The highest BCUT2D eigenvalue weighted by Crippen LogP contribution is 2.19. The molecule has 1 aromatic carbocycles. The summed E-state index contributed by atoms with van der Waals surface area (Å²) in [5.74, 6) is -0.372. The van der Waals surface area contributed by atoms with Crippen LogP contribution in [0.2, 0.25) is 0 Å². The van der Waals surface area contributed by atoms with E-state index in [1.807, 2.05) is 0 Å². The molecule has 0 fully saturated rings. The Morgan fingerprint density at radius 3 is 2.75 bits per heavy atom. The molecule has 1 N–H and O–H groups in total. The molecule has 0 bridgehead atoms. The molecule has 2 aromatic rings. The van der Waals surface area contributed by atoms with Crippen molar-refractivity contribution in [1.82, 2.24) is 14.8 Å². The quantitative estimate of drug-likeness (QED) is 0.773. The summed E-state index contributed by atoms with van der Waals surface area (Å²) in [6.07, 6.45) is 0. The Bertz CT molecular complexity index is 551. The molecule has 6 heteroatoms. The van der Waals surface area contributed by atoms with Crippen molar-refractivity contribution in [2.75, 3.05) is 0 Å². The molecule has 0 saturated heterocycles. The molecular formula is C10H9N3O2S. The van der Waals surface area contributed by atoms with Crippen LogP contribution in [-0.2, 0) is 7.05 Å². The number of aromatic carboxylic acids is 1. The van der Waals surface area contributed by atoms with Crippen molar-refractivity contribution < 1.29 is 9.90 Å². The molecule has 1 heterocycles. The Morgan fingerprint density at radius 1 is 1.44 bits per heavy atom. The number of carboxylic acids is 1. The first-order valence-electron chi connectivity index (χ1n) is 4.51. The van der Waals surface area contributed by atoms with Crippen LogP contribution in [-0.4, -0.2) is 25.8 Å². The summed E-state index contributed by atoms with van der Waals surface area (Å²) in [5, 5.41) is 17.1. The topological polar surface area (TPSA) is 68.0 Å². The first-order valence-corrected chi connectivity index (χ1v) is 4.96. The summed E-state index contributed by atoms with van der Waals surface area (Å²) in [7, 11) is 1.77. The van der Waals surface area contributed by atoms with E-state index in [4.69, 9.17) is 5.11 Å². The second-order valence-electron chi connectivity index (χ2n) is 3.27. The first-order chi connectivity index (χ1) is 7.59. The van der Waals surface area contributed by atoms with Crippen molar-refractivity contribution in [2.45, 2.75) is 5.16 Å². The number of benzene rings is 1. The first kappa shape index (κ1) is 10.7. The Morgan fingerprint density at radius 2 is 2.19 bits per heavy atom. The maximum Gasteiger partial charge on any atom is 0.335 e. The van der Waals surface area contributed by atoms with Gasteiger partial charge in [-0.25, -0.2) is 4.79 Å². The van der Waals surface area contributed by atoms with Crippen LogP contribution in [0.1, 0.15) is 10.4 Å². The van der Waals surface area contributed by atoms with Gasteiger partial charge in [-0.2, -0.15) is 0 Å². The van der Waals surface area contributed by atoms with E-state index < -0.39 is 5.97 Å². The molecule has 1 aromatic heterocycles. The summed E-state index contributed by atoms with van der Waals surface area (Å²) in [5.41, 5.74) is 0.927. The molecule has 0 saturated carbocycles. The standard InChI is InChI=1S/C10H9N3O2S/c1-13-8(11-12-10(13)16)6-3-2-4-7(5-6)9(14)15/h2-5H,1H3,(H,12,16)(H,14,15). The summed E-state index contributed by atoms with van der Waals surface area (Å²) in [6, 6.07) is 6.54. The smallest absolute Gasteiger partial charge is 0.335 e. The van der Waals surface area contributed by atoms with E-state index in [0.717, 1.165) is 0 Å². The minimum Gasteiger partial charge on any atom is -0.478 e. The highest BCUT2D eigenvalue weighted by atomic mass is 32.1. The Hall–Kier alpha value is -1.82. The summed E-state index contributed by atoms with van der Waals surface area (Å²) in [4.78, 5) is 10.8. The highest BCUT2D eigenvalue weighted by Gasteiger charge is 2.10. The number of nitrogens with zero attached hydrogens (tertiary/aromatic N) is 3. The Balaban J connectivity index is 2.52. The molecule has 16 heavy (non-hydrogen) atoms. The van der Waals surface area contributed by atoms with E-state index in [0.29, 0.717) is 16.5 Å². The van der Waals surface area contributed by atoms with Crippen LogP contribution < -0.4 is 0 Å². The lowest BCUT2D eigenvalue weighted by atomic mass is 10.1. The van der Waals surface area contributed by atoms with Crippen molar-refractivity contribution in [2.24, 2.45) is 7.05 Å². The van der Waals surface area contributed by atoms with Gasteiger partial charge in [-0.1, -0.05) is 12.1 Å². The maximum atomic E-state index is 10.8. The van der Waals surface area contributed by atoms with E-state index in [1.165, 1.54) is 6.07 Å². The zero-order chi connectivity index (χ0) is 11.7. The molecule has 0 atom stereocenters. The van der Waals surface area contributed by atoms with Gasteiger partial charge in [-0.15, -0.1) is 22.8 Å². The Labute approximate surface area is 97.2 Å². The van der Waals surface area contributed by atoms with Crippen LogP contribution in [0.25, 0.3) is 11.4 Å². The maximum absolute atomic E-state index is 10.8. The van der Waals surface area contributed by atoms with E-state index in [-0.39, 0.29) is 5.56 Å². The number of thiol groups is 1. The summed E-state index contributed by atoms with van der Waals surface area (Å²) in [6.45, 7) is 0. The second kappa shape index (κ2) is 3.97. The number of carbonyl (C=O) groups is 1. The van der Waals surface area contributed by atoms with Gasteiger partial charge in [0.1, 0.15) is 0 Å². The van der Waals surface area contributed by atoms with Crippen molar-refractivity contribution in [3.05, 3.63) is 29.8 Å². The fourth-order valence-corrected chi connectivity index (χ4v) is 1.50. The molecule has 2 rings (SSSR count). The predicted molar refractivity (Wildman–Crippen MR) is 60.7 cm³/mol. The van der Waals surface area contributed by atoms with E-state index >= 15 is 0 Å². The minimum atomic E-state index is -0.963. The van der Waals surface area contributed by atoms with Gasteiger partial charge in [0.2, 0.25) is 0 Å². The third-order valence-electron chi connectivity index (χ3n) is 2.22. The average molecular weight is 235 g/mol. The zero-order valence-corrected chi connectivity index (χ0v) is 9.35. The van der Waals surface area contributed by atoms with Crippen LogP contribution in [0.15, 0.2) is 29.4 Å². The number of hydrogen-bond donors (Lipinski definition) is 2. The largest absolute Gasteiger partial charge is 0.478 e. The van der Waals surface area contributed by atoms with Crippen LogP contribution in [0, 0.1) is 0 Å². The fraction of sp³-hybridized carbons (Fsp3) is 0.100. The van der Waals surface area contributed by atoms with Crippen molar-refractivity contribution in [3.63, 3.8) is 0 Å². The molecular weight excluding hydrogens is 226 g/mol. The normalized spacial score (nSPS) is 10.4. The lowest BCUT2D eigenvalue weighted by Gasteiger charge is -2.02. The lowest BCUT2D eigenvalue weighted by Crippen LogP contribution is -1.98. The third-order valence-corrected chi connectivity index (χ3v) is 2.61. The van der Waals surface area contributed by atoms with Gasteiger partial charge in [-0.3, -0.25) is 0 Å². The predicted octanol–water partition coefficient (Wildman–Crippen LogP) is 1.47. The molecule has 0 aliphatic heterocycles. The summed E-state index contributed by atoms with van der Waals surface area (Å²) >= 11 is 4.11. The van der Waals surface area contributed by atoms with E-state index in [2.05, 4.69) is 22.8 Å².